The van der Waals surface area contributed by atoms with Gasteiger partial charge in [0.2, 0.25) is 5.91 Å². The van der Waals surface area contributed by atoms with Crippen LogP contribution in [0.2, 0.25) is 0 Å². The first-order valence-electron chi connectivity index (χ1n) is 5.96. The number of rotatable bonds is 2. The van der Waals surface area contributed by atoms with Gasteiger partial charge in [0, 0.05) is 36.9 Å². The third kappa shape index (κ3) is 2.58. The van der Waals surface area contributed by atoms with E-state index in [-0.39, 0.29) is 5.91 Å². The fourth-order valence-corrected chi connectivity index (χ4v) is 2.29. The molecule has 0 aliphatic carbocycles. The van der Waals surface area contributed by atoms with Gasteiger partial charge in [-0.2, -0.15) is 0 Å². The molecule has 1 fully saturated rings. The van der Waals surface area contributed by atoms with Crippen molar-refractivity contribution in [2.75, 3.05) is 24.5 Å². The molecular weight excluding hydrogens is 214 g/mol. The minimum Gasteiger partial charge on any atom is -0.369 e. The van der Waals surface area contributed by atoms with Gasteiger partial charge < -0.3 is 16.0 Å². The van der Waals surface area contributed by atoms with E-state index in [1.54, 1.807) is 0 Å². The predicted octanol–water partition coefficient (Wildman–Crippen LogP) is 0.892. The lowest BCUT2D eigenvalue weighted by Crippen LogP contribution is -2.49. The SMILES string of the molecule is Cc1cc(N2CCNC(C)C2)ccc1C(N)=O. The molecule has 1 saturated heterocycles. The lowest BCUT2D eigenvalue weighted by molar-refractivity contribution is 0.0999. The van der Waals surface area contributed by atoms with Crippen LogP contribution in [0, 0.1) is 6.92 Å². The molecule has 1 aromatic rings. The Balaban J connectivity index is 2.22. The van der Waals surface area contributed by atoms with E-state index in [9.17, 15) is 4.79 Å². The van der Waals surface area contributed by atoms with Gasteiger partial charge >= 0.3 is 0 Å². The summed E-state index contributed by atoms with van der Waals surface area (Å²) in [7, 11) is 0. The number of hydrogen-bond donors (Lipinski definition) is 2. The van der Waals surface area contributed by atoms with Crippen LogP contribution in [-0.4, -0.2) is 31.6 Å². The number of aryl methyl sites for hydroxylation is 1. The minimum absolute atomic E-state index is 0.359. The Labute approximate surface area is 102 Å². The molecule has 0 aromatic heterocycles. The number of nitrogens with zero attached hydrogens (tertiary/aromatic N) is 1. The molecule has 3 N–H and O–H groups in total. The minimum atomic E-state index is -0.359. The number of carbonyl (C=O) groups is 1. The summed E-state index contributed by atoms with van der Waals surface area (Å²) in [5, 5.41) is 3.41. The molecule has 4 nitrogen and oxygen atoms in total. The molecule has 2 rings (SSSR count). The molecule has 1 heterocycles. The molecule has 1 atom stereocenters. The van der Waals surface area contributed by atoms with Crippen molar-refractivity contribution in [3.63, 3.8) is 0 Å². The van der Waals surface area contributed by atoms with Gasteiger partial charge in [0.05, 0.1) is 0 Å². The normalized spacial score (nSPS) is 20.4. The third-order valence-corrected chi connectivity index (χ3v) is 3.21. The second-order valence-corrected chi connectivity index (χ2v) is 4.66. The van der Waals surface area contributed by atoms with E-state index in [2.05, 4.69) is 17.1 Å². The van der Waals surface area contributed by atoms with Crippen molar-refractivity contribution in [1.82, 2.24) is 5.32 Å². The van der Waals surface area contributed by atoms with E-state index in [0.717, 1.165) is 25.2 Å². The highest BCUT2D eigenvalue weighted by Gasteiger charge is 2.16. The maximum absolute atomic E-state index is 11.2. The van der Waals surface area contributed by atoms with Gasteiger partial charge in [0.25, 0.3) is 0 Å². The largest absolute Gasteiger partial charge is 0.369 e. The Kier molecular flexibility index (Phi) is 3.33. The Morgan fingerprint density at radius 2 is 2.29 bits per heavy atom. The van der Waals surface area contributed by atoms with Crippen LogP contribution >= 0.6 is 0 Å². The highest BCUT2D eigenvalue weighted by atomic mass is 16.1. The molecule has 17 heavy (non-hydrogen) atoms. The van der Waals surface area contributed by atoms with Crippen LogP contribution in [0.25, 0.3) is 0 Å². The average Bonchev–Trinajstić information content (AvgIpc) is 2.28. The van der Waals surface area contributed by atoms with Crippen LogP contribution in [0.5, 0.6) is 0 Å². The van der Waals surface area contributed by atoms with Gasteiger partial charge in [-0.05, 0) is 37.6 Å². The molecule has 0 saturated carbocycles. The van der Waals surface area contributed by atoms with Crippen LogP contribution in [0.4, 0.5) is 5.69 Å². The van der Waals surface area contributed by atoms with Crippen LogP contribution < -0.4 is 16.0 Å². The second-order valence-electron chi connectivity index (χ2n) is 4.66. The number of nitrogens with two attached hydrogens (primary N) is 1. The zero-order valence-electron chi connectivity index (χ0n) is 10.4. The topological polar surface area (TPSA) is 58.4 Å². The zero-order chi connectivity index (χ0) is 12.4. The van der Waals surface area contributed by atoms with Crippen molar-refractivity contribution in [2.45, 2.75) is 19.9 Å². The Hall–Kier alpha value is -1.55. The van der Waals surface area contributed by atoms with Crippen LogP contribution in [0.3, 0.4) is 0 Å². The first-order valence-corrected chi connectivity index (χ1v) is 5.96. The smallest absolute Gasteiger partial charge is 0.248 e. The molecule has 4 heteroatoms. The number of primary amides is 1. The highest BCUT2D eigenvalue weighted by Crippen LogP contribution is 2.20. The zero-order valence-corrected chi connectivity index (χ0v) is 10.4. The Morgan fingerprint density at radius 3 is 2.88 bits per heavy atom. The van der Waals surface area contributed by atoms with Crippen molar-refractivity contribution in [2.24, 2.45) is 5.73 Å². The summed E-state index contributed by atoms with van der Waals surface area (Å²) >= 11 is 0. The number of benzene rings is 1. The fraction of sp³-hybridized carbons (Fsp3) is 0.462. The standard InChI is InChI=1S/C13H19N3O/c1-9-7-11(3-4-12(9)13(14)17)16-6-5-15-10(2)8-16/h3-4,7,10,15H,5-6,8H2,1-2H3,(H2,14,17). The quantitative estimate of drug-likeness (QED) is 0.797. The lowest BCUT2D eigenvalue weighted by atomic mass is 10.1. The molecule has 92 valence electrons. The molecule has 1 aromatic carbocycles. The molecular formula is C13H19N3O. The van der Waals surface area contributed by atoms with Gasteiger partial charge in [0.15, 0.2) is 0 Å². The number of anilines is 1. The van der Waals surface area contributed by atoms with E-state index in [4.69, 9.17) is 5.73 Å². The van der Waals surface area contributed by atoms with E-state index in [0.29, 0.717) is 11.6 Å². The molecule has 1 aliphatic heterocycles. The molecule has 0 spiro atoms. The van der Waals surface area contributed by atoms with E-state index in [1.165, 1.54) is 5.69 Å². The monoisotopic (exact) mass is 233 g/mol. The van der Waals surface area contributed by atoms with Crippen molar-refractivity contribution in [1.29, 1.82) is 0 Å². The third-order valence-electron chi connectivity index (χ3n) is 3.21. The first-order chi connectivity index (χ1) is 8.08. The summed E-state index contributed by atoms with van der Waals surface area (Å²) < 4.78 is 0. The number of nitrogens with one attached hydrogen (secondary N) is 1. The summed E-state index contributed by atoms with van der Waals surface area (Å²) in [5.41, 5.74) is 8.02. The van der Waals surface area contributed by atoms with Gasteiger partial charge in [-0.1, -0.05) is 0 Å². The summed E-state index contributed by atoms with van der Waals surface area (Å²) in [4.78, 5) is 13.5. The maximum atomic E-state index is 11.2. The number of amides is 1. The summed E-state index contributed by atoms with van der Waals surface area (Å²) in [6.07, 6.45) is 0. The van der Waals surface area contributed by atoms with Crippen LogP contribution in [0.15, 0.2) is 18.2 Å². The number of piperazine rings is 1. The fourth-order valence-electron chi connectivity index (χ4n) is 2.29. The van der Waals surface area contributed by atoms with Crippen molar-refractivity contribution in [3.05, 3.63) is 29.3 Å². The molecule has 1 aliphatic rings. The van der Waals surface area contributed by atoms with Crippen molar-refractivity contribution >= 4 is 11.6 Å². The van der Waals surface area contributed by atoms with E-state index < -0.39 is 0 Å². The second kappa shape index (κ2) is 4.75. The van der Waals surface area contributed by atoms with E-state index >= 15 is 0 Å². The summed E-state index contributed by atoms with van der Waals surface area (Å²) in [6.45, 7) is 7.10. The number of hydrogen-bond acceptors (Lipinski definition) is 3. The van der Waals surface area contributed by atoms with Crippen molar-refractivity contribution in [3.8, 4) is 0 Å². The molecule has 0 radical (unpaired) electrons. The summed E-state index contributed by atoms with van der Waals surface area (Å²) in [6, 6.07) is 6.34. The van der Waals surface area contributed by atoms with Gasteiger partial charge in [-0.3, -0.25) is 4.79 Å². The van der Waals surface area contributed by atoms with Gasteiger partial charge in [-0.15, -0.1) is 0 Å². The highest BCUT2D eigenvalue weighted by molar-refractivity contribution is 5.94. The Bertz CT molecular complexity index is 431. The van der Waals surface area contributed by atoms with Gasteiger partial charge in [0.1, 0.15) is 0 Å². The Morgan fingerprint density at radius 1 is 1.53 bits per heavy atom. The molecule has 1 unspecified atom stereocenters. The lowest BCUT2D eigenvalue weighted by Gasteiger charge is -2.34. The van der Waals surface area contributed by atoms with E-state index in [1.807, 2.05) is 25.1 Å². The van der Waals surface area contributed by atoms with Gasteiger partial charge in [-0.25, -0.2) is 0 Å². The summed E-state index contributed by atoms with van der Waals surface area (Å²) in [5.74, 6) is -0.359. The predicted molar refractivity (Wildman–Crippen MR) is 69.4 cm³/mol. The van der Waals surface area contributed by atoms with Crippen molar-refractivity contribution < 1.29 is 4.79 Å². The van der Waals surface area contributed by atoms with Crippen LogP contribution in [-0.2, 0) is 0 Å². The molecule has 1 amide bonds. The van der Waals surface area contributed by atoms with Crippen LogP contribution in [0.1, 0.15) is 22.8 Å². The molecule has 0 bridgehead atoms. The number of carbonyl (C=O) groups excluding carboxylic acids is 1. The maximum Gasteiger partial charge on any atom is 0.248 e. The average molecular weight is 233 g/mol. The first kappa shape index (κ1) is 11.9.